The highest BCUT2D eigenvalue weighted by atomic mass is 35.5. The van der Waals surface area contributed by atoms with E-state index in [1.54, 1.807) is 7.05 Å². The Hall–Kier alpha value is -3.23. The normalized spacial score (nSPS) is 27.1. The Morgan fingerprint density at radius 1 is 1.19 bits per heavy atom. The van der Waals surface area contributed by atoms with Crippen molar-refractivity contribution in [3.8, 4) is 23.1 Å². The average molecular weight is 627 g/mol. The van der Waals surface area contributed by atoms with Gasteiger partial charge in [0.1, 0.15) is 35.2 Å². The molecule has 1 aromatic carbocycles. The average Bonchev–Trinajstić information content (AvgIpc) is 3.63. The second-order valence-electron chi connectivity index (χ2n) is 11.7. The number of ether oxygens (including phenoxy) is 3. The Kier molecular flexibility index (Phi) is 6.74. The van der Waals surface area contributed by atoms with Crippen molar-refractivity contribution in [1.29, 1.82) is 0 Å². The van der Waals surface area contributed by atoms with Crippen LogP contribution in [-0.4, -0.2) is 84.2 Å². The molecule has 43 heavy (non-hydrogen) atoms. The minimum absolute atomic E-state index is 0.0726. The van der Waals surface area contributed by atoms with E-state index in [0.29, 0.717) is 26.2 Å². The summed E-state index contributed by atoms with van der Waals surface area (Å²) in [7, 11) is 1.76. The van der Waals surface area contributed by atoms with Crippen molar-refractivity contribution in [1.82, 2.24) is 19.9 Å². The zero-order chi connectivity index (χ0) is 30.3. The Balaban J connectivity index is 1.41. The van der Waals surface area contributed by atoms with E-state index >= 15 is 4.39 Å². The summed E-state index contributed by atoms with van der Waals surface area (Å²) in [5.41, 5.74) is 2.23. The van der Waals surface area contributed by atoms with Gasteiger partial charge >= 0.3 is 12.2 Å². The van der Waals surface area contributed by atoms with Gasteiger partial charge in [0.05, 0.1) is 42.0 Å². The minimum atomic E-state index is -4.95. The maximum Gasteiger partial charge on any atom is 0.418 e. The van der Waals surface area contributed by atoms with E-state index in [1.807, 2.05) is 4.90 Å². The molecule has 3 fully saturated rings. The number of hydrogen-bond acceptors (Lipinski definition) is 9. The number of alkyl halides is 4. The molecule has 3 aromatic rings. The van der Waals surface area contributed by atoms with E-state index in [-0.39, 0.29) is 59.5 Å². The van der Waals surface area contributed by atoms with Gasteiger partial charge < -0.3 is 24.8 Å². The van der Waals surface area contributed by atoms with Crippen LogP contribution in [0, 0.1) is 11.7 Å². The second kappa shape index (κ2) is 10.2. The zero-order valence-electron chi connectivity index (χ0n) is 23.1. The van der Waals surface area contributed by atoms with E-state index < -0.39 is 45.5 Å². The van der Waals surface area contributed by atoms with Crippen molar-refractivity contribution in [2.24, 2.45) is 5.92 Å². The smallest absolute Gasteiger partial charge is 0.418 e. The molecule has 4 aliphatic rings. The fraction of sp³-hybridized carbons (Fsp3) is 0.536. The zero-order valence-corrected chi connectivity index (χ0v) is 23.8. The SMILES string of the molecule is CN1c2nc(OC[C@@]34CCCN3C[C@H](F)C4)nc3c(F)c(-c4cc(N)cc(Cl)c4C(F)(F)F)nc(c23)OC[C@H]2COC[C@@H]21. The van der Waals surface area contributed by atoms with E-state index in [1.165, 1.54) is 0 Å². The van der Waals surface area contributed by atoms with Gasteiger partial charge in [-0.05, 0) is 31.5 Å². The molecular formula is C28H28ClF5N6O3. The van der Waals surface area contributed by atoms with Crippen LogP contribution in [0.1, 0.15) is 24.8 Å². The first kappa shape index (κ1) is 28.5. The third-order valence-corrected chi connectivity index (χ3v) is 9.32. The van der Waals surface area contributed by atoms with Crippen LogP contribution in [0.25, 0.3) is 22.2 Å². The van der Waals surface area contributed by atoms with E-state index in [4.69, 9.17) is 31.5 Å². The van der Waals surface area contributed by atoms with Crippen molar-refractivity contribution in [3.05, 3.63) is 28.5 Å². The quantitative estimate of drug-likeness (QED) is 0.321. The van der Waals surface area contributed by atoms with Crippen LogP contribution in [0.15, 0.2) is 12.1 Å². The number of aromatic nitrogens is 3. The topological polar surface area (TPSA) is 98.9 Å². The molecule has 0 amide bonds. The summed E-state index contributed by atoms with van der Waals surface area (Å²) in [6.45, 7) is 1.99. The molecule has 230 valence electrons. The number of anilines is 2. The first-order valence-electron chi connectivity index (χ1n) is 14.0. The summed E-state index contributed by atoms with van der Waals surface area (Å²) >= 11 is 5.98. The molecule has 0 radical (unpaired) electrons. The van der Waals surface area contributed by atoms with Crippen LogP contribution in [-0.2, 0) is 10.9 Å². The predicted octanol–water partition coefficient (Wildman–Crippen LogP) is 4.88. The molecule has 2 aromatic heterocycles. The van der Waals surface area contributed by atoms with Gasteiger partial charge in [0.15, 0.2) is 5.82 Å². The lowest BCUT2D eigenvalue weighted by Gasteiger charge is -2.33. The van der Waals surface area contributed by atoms with Crippen LogP contribution in [0.2, 0.25) is 5.02 Å². The second-order valence-corrected chi connectivity index (χ2v) is 12.1. The molecule has 3 saturated heterocycles. The first-order valence-corrected chi connectivity index (χ1v) is 14.4. The highest BCUT2D eigenvalue weighted by Crippen LogP contribution is 2.47. The third-order valence-electron chi connectivity index (χ3n) is 9.02. The van der Waals surface area contributed by atoms with Gasteiger partial charge in [0.25, 0.3) is 0 Å². The molecule has 0 bridgehead atoms. The Labute approximate surface area is 248 Å². The molecule has 0 unspecified atom stereocenters. The summed E-state index contributed by atoms with van der Waals surface area (Å²) in [5, 5.41) is -0.621. The highest BCUT2D eigenvalue weighted by molar-refractivity contribution is 6.32. The van der Waals surface area contributed by atoms with E-state index in [2.05, 4.69) is 19.9 Å². The Bertz CT molecular complexity index is 1610. The Morgan fingerprint density at radius 3 is 2.79 bits per heavy atom. The van der Waals surface area contributed by atoms with Crippen LogP contribution in [0.4, 0.5) is 33.5 Å². The summed E-state index contributed by atoms with van der Waals surface area (Å²) in [6, 6.07) is 1.53. The number of pyridine rings is 1. The lowest BCUT2D eigenvalue weighted by Crippen LogP contribution is -2.44. The van der Waals surface area contributed by atoms with Crippen molar-refractivity contribution >= 4 is 34.0 Å². The number of benzene rings is 1. The van der Waals surface area contributed by atoms with Gasteiger partial charge in [-0.1, -0.05) is 11.6 Å². The van der Waals surface area contributed by atoms with Crippen molar-refractivity contribution in [2.45, 2.75) is 43.2 Å². The summed E-state index contributed by atoms with van der Waals surface area (Å²) in [4.78, 5) is 17.1. The van der Waals surface area contributed by atoms with Crippen LogP contribution in [0.3, 0.4) is 0 Å². The fourth-order valence-corrected chi connectivity index (χ4v) is 7.31. The van der Waals surface area contributed by atoms with Crippen molar-refractivity contribution in [3.63, 3.8) is 0 Å². The minimum Gasteiger partial charge on any atom is -0.477 e. The molecule has 4 aliphatic heterocycles. The lowest BCUT2D eigenvalue weighted by atomic mass is 9.95. The standard InChI is InChI=1S/C28H28ClF5N6O3/c1-39-18-11-41-9-13(18)10-42-25-19-23(21(31)22(36-25)16-5-15(35)6-17(29)20(16)28(32,33)34)37-26(38-24(19)39)43-12-27-3-2-4-40(27)8-14(30)7-27/h5-6,13-14,18H,2-4,7-12,35H2,1H3/t13-,14-,18+,27+/m1/s1. The number of rotatable bonds is 4. The number of fused-ring (bicyclic) bond motifs is 2. The molecule has 9 nitrogen and oxygen atoms in total. The fourth-order valence-electron chi connectivity index (χ4n) is 6.97. The molecule has 0 spiro atoms. The summed E-state index contributed by atoms with van der Waals surface area (Å²) in [6.07, 6.45) is -4.02. The van der Waals surface area contributed by atoms with Crippen LogP contribution < -0.4 is 20.1 Å². The van der Waals surface area contributed by atoms with Gasteiger partial charge in [-0.15, -0.1) is 0 Å². The highest BCUT2D eigenvalue weighted by Gasteiger charge is 2.49. The molecule has 4 atom stereocenters. The number of nitrogens with two attached hydrogens (primary N) is 1. The lowest BCUT2D eigenvalue weighted by molar-refractivity contribution is -0.137. The van der Waals surface area contributed by atoms with E-state index in [9.17, 15) is 17.6 Å². The molecule has 2 N–H and O–H groups in total. The maximum atomic E-state index is 16.5. The molecule has 6 heterocycles. The summed E-state index contributed by atoms with van der Waals surface area (Å²) in [5.74, 6) is -1.19. The molecule has 0 aliphatic carbocycles. The Morgan fingerprint density at radius 2 is 2.00 bits per heavy atom. The van der Waals surface area contributed by atoms with Gasteiger partial charge in [-0.2, -0.15) is 23.1 Å². The third kappa shape index (κ3) is 4.69. The summed E-state index contributed by atoms with van der Waals surface area (Å²) < 4.78 is 91.2. The number of likely N-dealkylation sites (N-methyl/N-ethyl adjacent to an activating group) is 1. The van der Waals surface area contributed by atoms with Gasteiger partial charge in [0, 0.05) is 37.2 Å². The first-order chi connectivity index (χ1) is 20.4. The number of nitrogens with zero attached hydrogens (tertiary/aromatic N) is 5. The number of nitrogen functional groups attached to an aromatic ring is 1. The number of hydrogen-bond donors (Lipinski definition) is 1. The van der Waals surface area contributed by atoms with Crippen molar-refractivity contribution in [2.75, 3.05) is 57.2 Å². The van der Waals surface area contributed by atoms with Gasteiger partial charge in [-0.3, -0.25) is 4.90 Å². The monoisotopic (exact) mass is 626 g/mol. The maximum absolute atomic E-state index is 16.5. The molecular weight excluding hydrogens is 599 g/mol. The molecule has 0 saturated carbocycles. The van der Waals surface area contributed by atoms with Crippen LogP contribution >= 0.6 is 11.6 Å². The van der Waals surface area contributed by atoms with Crippen LogP contribution in [0.5, 0.6) is 11.9 Å². The van der Waals surface area contributed by atoms with Gasteiger partial charge in [0.2, 0.25) is 5.88 Å². The predicted molar refractivity (Wildman–Crippen MR) is 148 cm³/mol. The van der Waals surface area contributed by atoms with E-state index in [0.717, 1.165) is 31.5 Å². The van der Waals surface area contributed by atoms with Gasteiger partial charge in [-0.25, -0.2) is 13.8 Å². The van der Waals surface area contributed by atoms with Crippen molar-refractivity contribution < 1.29 is 36.2 Å². The molecule has 7 rings (SSSR count). The molecule has 15 heteroatoms. The number of halogens is 6. The largest absolute Gasteiger partial charge is 0.477 e.